The van der Waals surface area contributed by atoms with Gasteiger partial charge in [-0.25, -0.2) is 0 Å². The van der Waals surface area contributed by atoms with Gasteiger partial charge in [-0.05, 0) is 41.1 Å². The summed E-state index contributed by atoms with van der Waals surface area (Å²) in [4.78, 5) is 14.9. The molecule has 0 aliphatic carbocycles. The predicted octanol–water partition coefficient (Wildman–Crippen LogP) is 3.84. The zero-order valence-corrected chi connectivity index (χ0v) is 10.1. The van der Waals surface area contributed by atoms with Gasteiger partial charge in [-0.1, -0.05) is 18.2 Å². The van der Waals surface area contributed by atoms with Gasteiger partial charge in [0.25, 0.3) is 0 Å². The van der Waals surface area contributed by atoms with Crippen molar-refractivity contribution in [2.24, 2.45) is 0 Å². The smallest absolute Gasteiger partial charge is 0.150 e. The Hall–Kier alpha value is -2.68. The molecule has 0 bridgehead atoms. The van der Waals surface area contributed by atoms with E-state index < -0.39 is 0 Å². The summed E-state index contributed by atoms with van der Waals surface area (Å²) in [6, 6.07) is 14.9. The van der Waals surface area contributed by atoms with Crippen molar-refractivity contribution in [1.29, 1.82) is 0 Å². The maximum atomic E-state index is 11.0. The number of rotatable bonds is 3. The normalized spacial score (nSPS) is 10.3. The average molecular weight is 249 g/mol. The molecular weight excluding hydrogens is 238 g/mol. The molecule has 3 nitrogen and oxygen atoms in total. The van der Waals surface area contributed by atoms with E-state index in [2.05, 4.69) is 4.98 Å². The van der Waals surface area contributed by atoms with Crippen LogP contribution in [0.15, 0.2) is 60.9 Å². The summed E-state index contributed by atoms with van der Waals surface area (Å²) in [5.41, 5.74) is 0.688. The number of hydrogen-bond acceptors (Lipinski definition) is 3. The van der Waals surface area contributed by atoms with Crippen LogP contribution in [0, 0.1) is 0 Å². The van der Waals surface area contributed by atoms with Crippen LogP contribution >= 0.6 is 0 Å². The van der Waals surface area contributed by atoms with E-state index in [1.165, 1.54) is 0 Å². The van der Waals surface area contributed by atoms with Crippen molar-refractivity contribution in [3.8, 4) is 11.5 Å². The third-order valence-corrected chi connectivity index (χ3v) is 2.90. The van der Waals surface area contributed by atoms with E-state index >= 15 is 0 Å². The summed E-state index contributed by atoms with van der Waals surface area (Å²) < 4.78 is 5.73. The summed E-state index contributed by atoms with van der Waals surface area (Å²) in [7, 11) is 0. The number of pyridine rings is 1. The van der Waals surface area contributed by atoms with Crippen molar-refractivity contribution in [3.05, 3.63) is 66.5 Å². The molecule has 0 radical (unpaired) electrons. The molecule has 3 aromatic rings. The fourth-order valence-corrected chi connectivity index (χ4v) is 2.00. The maximum absolute atomic E-state index is 11.0. The van der Waals surface area contributed by atoms with Crippen LogP contribution in [0.1, 0.15) is 10.4 Å². The third kappa shape index (κ3) is 2.31. The van der Waals surface area contributed by atoms with Crippen LogP contribution in [0.4, 0.5) is 0 Å². The van der Waals surface area contributed by atoms with Gasteiger partial charge >= 0.3 is 0 Å². The molecule has 0 saturated heterocycles. The fraction of sp³-hybridized carbons (Fsp3) is 0. The standard InChI is InChI=1S/C16H11NO2/c18-11-13-3-1-2-12-10-15(4-5-16(12)13)19-14-6-8-17-9-7-14/h1-11H. The van der Waals surface area contributed by atoms with Gasteiger partial charge in [-0.2, -0.15) is 0 Å². The van der Waals surface area contributed by atoms with Crippen LogP contribution in [0.25, 0.3) is 10.8 Å². The van der Waals surface area contributed by atoms with Crippen LogP contribution in [-0.2, 0) is 0 Å². The summed E-state index contributed by atoms with van der Waals surface area (Å²) in [6.07, 6.45) is 4.23. The lowest BCUT2D eigenvalue weighted by Crippen LogP contribution is -1.86. The molecule has 0 aliphatic heterocycles. The van der Waals surface area contributed by atoms with Crippen molar-refractivity contribution < 1.29 is 9.53 Å². The number of nitrogens with zero attached hydrogens (tertiary/aromatic N) is 1. The fourth-order valence-electron chi connectivity index (χ4n) is 2.00. The largest absolute Gasteiger partial charge is 0.457 e. The molecule has 1 heterocycles. The highest BCUT2D eigenvalue weighted by atomic mass is 16.5. The first-order valence-corrected chi connectivity index (χ1v) is 5.93. The highest BCUT2D eigenvalue weighted by molar-refractivity contribution is 5.98. The molecular formula is C16H11NO2. The topological polar surface area (TPSA) is 39.2 Å². The molecule has 0 saturated carbocycles. The van der Waals surface area contributed by atoms with Crippen LogP contribution in [0.3, 0.4) is 0 Å². The number of carbonyl (C=O) groups is 1. The Balaban J connectivity index is 2.01. The minimum atomic E-state index is 0.688. The van der Waals surface area contributed by atoms with Crippen LogP contribution in [0.2, 0.25) is 0 Å². The van der Waals surface area contributed by atoms with Gasteiger partial charge in [-0.15, -0.1) is 0 Å². The summed E-state index contributed by atoms with van der Waals surface area (Å²) in [6.45, 7) is 0. The van der Waals surface area contributed by atoms with E-state index in [0.717, 1.165) is 28.6 Å². The second-order valence-electron chi connectivity index (χ2n) is 4.13. The summed E-state index contributed by atoms with van der Waals surface area (Å²) >= 11 is 0. The molecule has 0 fully saturated rings. The van der Waals surface area contributed by atoms with E-state index in [1.807, 2.05) is 30.3 Å². The van der Waals surface area contributed by atoms with Crippen LogP contribution in [-0.4, -0.2) is 11.3 Å². The van der Waals surface area contributed by atoms with E-state index in [1.54, 1.807) is 30.6 Å². The molecule has 0 unspecified atom stereocenters. The molecule has 92 valence electrons. The Labute approximate surface area is 110 Å². The maximum Gasteiger partial charge on any atom is 0.150 e. The van der Waals surface area contributed by atoms with Crippen molar-refractivity contribution in [3.63, 3.8) is 0 Å². The molecule has 0 aliphatic rings. The van der Waals surface area contributed by atoms with Gasteiger partial charge in [0.2, 0.25) is 0 Å². The number of ether oxygens (including phenoxy) is 1. The van der Waals surface area contributed by atoms with Gasteiger partial charge in [0, 0.05) is 18.0 Å². The van der Waals surface area contributed by atoms with Crippen molar-refractivity contribution in [2.45, 2.75) is 0 Å². The minimum Gasteiger partial charge on any atom is -0.457 e. The minimum absolute atomic E-state index is 0.688. The number of fused-ring (bicyclic) bond motifs is 1. The Morgan fingerprint density at radius 2 is 1.79 bits per heavy atom. The first-order valence-electron chi connectivity index (χ1n) is 5.93. The number of aldehydes is 1. The second kappa shape index (κ2) is 4.90. The summed E-state index contributed by atoms with van der Waals surface area (Å²) in [5, 5.41) is 1.91. The second-order valence-corrected chi connectivity index (χ2v) is 4.13. The highest BCUT2D eigenvalue weighted by Crippen LogP contribution is 2.26. The van der Waals surface area contributed by atoms with Gasteiger partial charge < -0.3 is 4.74 Å². The van der Waals surface area contributed by atoms with Crippen molar-refractivity contribution in [1.82, 2.24) is 4.98 Å². The first kappa shape index (κ1) is 11.4. The third-order valence-electron chi connectivity index (χ3n) is 2.90. The van der Waals surface area contributed by atoms with Gasteiger partial charge in [-0.3, -0.25) is 9.78 Å². The quantitative estimate of drug-likeness (QED) is 0.662. The Kier molecular flexibility index (Phi) is 2.94. The Morgan fingerprint density at radius 3 is 2.58 bits per heavy atom. The lowest BCUT2D eigenvalue weighted by molar-refractivity contribution is 0.112. The van der Waals surface area contributed by atoms with Gasteiger partial charge in [0.1, 0.15) is 11.5 Å². The Morgan fingerprint density at radius 1 is 0.947 bits per heavy atom. The Bertz CT molecular complexity index is 723. The van der Waals surface area contributed by atoms with E-state index in [-0.39, 0.29) is 0 Å². The van der Waals surface area contributed by atoms with Crippen LogP contribution < -0.4 is 4.74 Å². The zero-order valence-electron chi connectivity index (χ0n) is 10.1. The molecule has 0 N–H and O–H groups in total. The van der Waals surface area contributed by atoms with Crippen molar-refractivity contribution >= 4 is 17.1 Å². The molecule has 19 heavy (non-hydrogen) atoms. The molecule has 3 rings (SSSR count). The lowest BCUT2D eigenvalue weighted by atomic mass is 10.1. The molecule has 0 amide bonds. The molecule has 0 atom stereocenters. The van der Waals surface area contributed by atoms with Crippen LogP contribution in [0.5, 0.6) is 11.5 Å². The molecule has 1 aromatic heterocycles. The number of benzene rings is 2. The van der Waals surface area contributed by atoms with Gasteiger partial charge in [0.15, 0.2) is 6.29 Å². The molecule has 0 spiro atoms. The van der Waals surface area contributed by atoms with Gasteiger partial charge in [0.05, 0.1) is 0 Å². The summed E-state index contributed by atoms with van der Waals surface area (Å²) in [5.74, 6) is 1.47. The van der Waals surface area contributed by atoms with Crippen molar-refractivity contribution in [2.75, 3.05) is 0 Å². The zero-order chi connectivity index (χ0) is 13.1. The number of hydrogen-bond donors (Lipinski definition) is 0. The lowest BCUT2D eigenvalue weighted by Gasteiger charge is -2.07. The number of aromatic nitrogens is 1. The predicted molar refractivity (Wildman–Crippen MR) is 73.6 cm³/mol. The molecule has 2 aromatic carbocycles. The monoisotopic (exact) mass is 249 g/mol. The highest BCUT2D eigenvalue weighted by Gasteiger charge is 2.02. The number of carbonyl (C=O) groups excluding carboxylic acids is 1. The van der Waals surface area contributed by atoms with E-state index in [4.69, 9.17) is 4.74 Å². The molecule has 3 heteroatoms. The SMILES string of the molecule is O=Cc1cccc2cc(Oc3ccncc3)ccc12. The van der Waals surface area contributed by atoms with E-state index in [9.17, 15) is 4.79 Å². The van der Waals surface area contributed by atoms with E-state index in [0.29, 0.717) is 5.56 Å². The first-order chi connectivity index (χ1) is 9.36. The average Bonchev–Trinajstić information content (AvgIpc) is 2.47.